The van der Waals surface area contributed by atoms with Gasteiger partial charge >= 0.3 is 0 Å². The van der Waals surface area contributed by atoms with Gasteiger partial charge in [-0.1, -0.05) is 12.1 Å². The minimum Gasteiger partial charge on any atom is -0.497 e. The first-order valence-electron chi connectivity index (χ1n) is 6.72. The summed E-state index contributed by atoms with van der Waals surface area (Å²) in [4.78, 5) is 13.7. The highest BCUT2D eigenvalue weighted by Crippen LogP contribution is 2.14. The van der Waals surface area contributed by atoms with E-state index in [-0.39, 0.29) is 5.91 Å². The van der Waals surface area contributed by atoms with Gasteiger partial charge in [0.15, 0.2) is 0 Å². The van der Waals surface area contributed by atoms with E-state index in [1.165, 1.54) is 0 Å². The third-order valence-electron chi connectivity index (χ3n) is 3.06. The first-order chi connectivity index (χ1) is 9.58. The molecule has 5 heteroatoms. The Morgan fingerprint density at radius 3 is 2.85 bits per heavy atom. The monoisotopic (exact) mass is 280 g/mol. The number of nitrogens with one attached hydrogen (secondary N) is 1. The summed E-state index contributed by atoms with van der Waals surface area (Å²) in [6.45, 7) is 3.61. The van der Waals surface area contributed by atoms with Crippen LogP contribution in [0.15, 0.2) is 24.3 Å². The molecule has 1 rings (SSSR count). The molecule has 112 valence electrons. The number of carbonyl (C=O) groups is 1. The van der Waals surface area contributed by atoms with Gasteiger partial charge < -0.3 is 19.7 Å². The predicted molar refractivity (Wildman–Crippen MR) is 78.8 cm³/mol. The second kappa shape index (κ2) is 8.55. The number of benzene rings is 1. The third-order valence-corrected chi connectivity index (χ3v) is 3.06. The first kappa shape index (κ1) is 16.5. The van der Waals surface area contributed by atoms with Crippen LogP contribution in [-0.4, -0.2) is 51.2 Å². The van der Waals surface area contributed by atoms with E-state index >= 15 is 0 Å². The van der Waals surface area contributed by atoms with Gasteiger partial charge in [0.25, 0.3) is 5.91 Å². The summed E-state index contributed by atoms with van der Waals surface area (Å²) in [7, 11) is 5.27. The highest BCUT2D eigenvalue weighted by molar-refractivity contribution is 5.80. The second-order valence-electron chi connectivity index (χ2n) is 4.67. The van der Waals surface area contributed by atoms with E-state index in [2.05, 4.69) is 5.32 Å². The molecule has 1 N–H and O–H groups in total. The van der Waals surface area contributed by atoms with Crippen LogP contribution in [0.2, 0.25) is 0 Å². The molecule has 20 heavy (non-hydrogen) atoms. The van der Waals surface area contributed by atoms with Gasteiger partial charge in [0, 0.05) is 20.1 Å². The molecule has 1 atom stereocenters. The topological polar surface area (TPSA) is 50.8 Å². The maximum Gasteiger partial charge on any atom is 0.251 e. The molecule has 0 aromatic heterocycles. The summed E-state index contributed by atoms with van der Waals surface area (Å²) in [6, 6.07) is 7.64. The van der Waals surface area contributed by atoms with Crippen molar-refractivity contribution < 1.29 is 14.3 Å². The van der Waals surface area contributed by atoms with Gasteiger partial charge in [-0.2, -0.15) is 0 Å². The van der Waals surface area contributed by atoms with Gasteiger partial charge in [-0.25, -0.2) is 0 Å². The minimum atomic E-state index is -0.456. The van der Waals surface area contributed by atoms with Crippen LogP contribution in [0.25, 0.3) is 0 Å². The van der Waals surface area contributed by atoms with Crippen molar-refractivity contribution in [1.82, 2.24) is 10.2 Å². The highest BCUT2D eigenvalue weighted by atomic mass is 16.5. The predicted octanol–water partition coefficient (Wildman–Crippen LogP) is 1.28. The van der Waals surface area contributed by atoms with Crippen LogP contribution < -0.4 is 10.1 Å². The Bertz CT molecular complexity index is 423. The summed E-state index contributed by atoms with van der Waals surface area (Å²) < 4.78 is 10.8. The molecule has 0 saturated carbocycles. The lowest BCUT2D eigenvalue weighted by Crippen LogP contribution is -2.39. The molecule has 0 aliphatic heterocycles. The number of ether oxygens (including phenoxy) is 2. The largest absolute Gasteiger partial charge is 0.497 e. The number of rotatable bonds is 8. The van der Waals surface area contributed by atoms with E-state index in [0.717, 1.165) is 17.9 Å². The van der Waals surface area contributed by atoms with E-state index in [1.54, 1.807) is 26.0 Å². The zero-order valence-electron chi connectivity index (χ0n) is 12.7. The first-order valence-corrected chi connectivity index (χ1v) is 6.72. The summed E-state index contributed by atoms with van der Waals surface area (Å²) >= 11 is 0. The molecule has 1 amide bonds. The summed E-state index contributed by atoms with van der Waals surface area (Å²) in [6.07, 6.45) is -0.456. The minimum absolute atomic E-state index is 0.0110. The van der Waals surface area contributed by atoms with Crippen molar-refractivity contribution in [3.05, 3.63) is 29.8 Å². The fourth-order valence-corrected chi connectivity index (χ4v) is 1.75. The van der Waals surface area contributed by atoms with Gasteiger partial charge in [0.2, 0.25) is 0 Å². The number of hydrogen-bond acceptors (Lipinski definition) is 4. The molecular weight excluding hydrogens is 256 g/mol. The fourth-order valence-electron chi connectivity index (χ4n) is 1.75. The molecule has 5 nitrogen and oxygen atoms in total. The number of hydrogen-bond donors (Lipinski definition) is 1. The van der Waals surface area contributed by atoms with E-state index in [9.17, 15) is 4.79 Å². The standard InChI is InChI=1S/C15H24N2O3/c1-12(15(18)17(3)9-8-16-2)20-11-13-6-5-7-14(10-13)19-4/h5-7,10,12,16H,8-9,11H2,1-4H3. The Hall–Kier alpha value is -1.59. The van der Waals surface area contributed by atoms with Crippen molar-refractivity contribution >= 4 is 5.91 Å². The normalized spacial score (nSPS) is 12.0. The molecule has 0 saturated heterocycles. The molecule has 0 aliphatic rings. The summed E-state index contributed by atoms with van der Waals surface area (Å²) in [5.74, 6) is 0.777. The van der Waals surface area contributed by atoms with Gasteiger partial charge in [-0.05, 0) is 31.7 Å². The molecular formula is C15H24N2O3. The molecule has 1 aromatic rings. The van der Waals surface area contributed by atoms with Crippen LogP contribution >= 0.6 is 0 Å². The number of amides is 1. The smallest absolute Gasteiger partial charge is 0.251 e. The maximum atomic E-state index is 12.0. The number of carbonyl (C=O) groups excluding carboxylic acids is 1. The lowest BCUT2D eigenvalue weighted by atomic mass is 10.2. The highest BCUT2D eigenvalue weighted by Gasteiger charge is 2.17. The fraction of sp³-hybridized carbons (Fsp3) is 0.533. The van der Waals surface area contributed by atoms with E-state index in [0.29, 0.717) is 13.2 Å². The second-order valence-corrected chi connectivity index (χ2v) is 4.67. The van der Waals surface area contributed by atoms with Crippen LogP contribution in [0.3, 0.4) is 0 Å². The average Bonchev–Trinajstić information content (AvgIpc) is 2.49. The van der Waals surface area contributed by atoms with Crippen molar-refractivity contribution in [3.63, 3.8) is 0 Å². The molecule has 0 radical (unpaired) electrons. The molecule has 1 unspecified atom stereocenters. The molecule has 0 spiro atoms. The summed E-state index contributed by atoms with van der Waals surface area (Å²) in [5, 5.41) is 3.01. The lowest BCUT2D eigenvalue weighted by Gasteiger charge is -2.21. The Labute approximate surface area is 120 Å². The Kier molecular flexibility index (Phi) is 7.04. The summed E-state index contributed by atoms with van der Waals surface area (Å²) in [5.41, 5.74) is 0.988. The van der Waals surface area contributed by atoms with E-state index in [1.807, 2.05) is 31.3 Å². The van der Waals surface area contributed by atoms with Crippen LogP contribution in [0.1, 0.15) is 12.5 Å². The molecule has 0 bridgehead atoms. The van der Waals surface area contributed by atoms with Gasteiger partial charge in [0.1, 0.15) is 11.9 Å². The molecule has 0 fully saturated rings. The van der Waals surface area contributed by atoms with Crippen LogP contribution in [0.5, 0.6) is 5.75 Å². The van der Waals surface area contributed by atoms with Gasteiger partial charge in [0.05, 0.1) is 13.7 Å². The van der Waals surface area contributed by atoms with Crippen LogP contribution in [0, 0.1) is 0 Å². The Morgan fingerprint density at radius 1 is 1.45 bits per heavy atom. The Balaban J connectivity index is 2.45. The molecule has 0 aliphatic carbocycles. The SMILES string of the molecule is CNCCN(C)C(=O)C(C)OCc1cccc(OC)c1. The molecule has 1 aromatic carbocycles. The number of likely N-dealkylation sites (N-methyl/N-ethyl adjacent to an activating group) is 2. The van der Waals surface area contributed by atoms with Crippen molar-refractivity contribution in [3.8, 4) is 5.75 Å². The lowest BCUT2D eigenvalue weighted by molar-refractivity contribution is -0.141. The number of methoxy groups -OCH3 is 1. The zero-order valence-corrected chi connectivity index (χ0v) is 12.7. The van der Waals surface area contributed by atoms with Crippen LogP contribution in [0.4, 0.5) is 0 Å². The van der Waals surface area contributed by atoms with Crippen molar-refractivity contribution in [2.24, 2.45) is 0 Å². The van der Waals surface area contributed by atoms with Crippen molar-refractivity contribution in [2.45, 2.75) is 19.6 Å². The van der Waals surface area contributed by atoms with E-state index in [4.69, 9.17) is 9.47 Å². The number of nitrogens with zero attached hydrogens (tertiary/aromatic N) is 1. The Morgan fingerprint density at radius 2 is 2.20 bits per heavy atom. The maximum absolute atomic E-state index is 12.0. The quantitative estimate of drug-likeness (QED) is 0.779. The zero-order chi connectivity index (χ0) is 15.0. The van der Waals surface area contributed by atoms with Gasteiger partial charge in [-0.3, -0.25) is 4.79 Å². The van der Waals surface area contributed by atoms with Crippen molar-refractivity contribution in [1.29, 1.82) is 0 Å². The van der Waals surface area contributed by atoms with Crippen molar-refractivity contribution in [2.75, 3.05) is 34.3 Å². The van der Waals surface area contributed by atoms with Crippen LogP contribution in [-0.2, 0) is 16.1 Å². The average molecular weight is 280 g/mol. The third kappa shape index (κ3) is 5.19. The van der Waals surface area contributed by atoms with E-state index < -0.39 is 6.10 Å². The van der Waals surface area contributed by atoms with Gasteiger partial charge in [-0.15, -0.1) is 0 Å². The molecule has 0 heterocycles.